The van der Waals surface area contributed by atoms with Crippen molar-refractivity contribution in [3.8, 4) is 11.1 Å². The normalized spacial score (nSPS) is 19.9. The van der Waals surface area contributed by atoms with E-state index in [1.54, 1.807) is 0 Å². The molecule has 1 fully saturated rings. The molecule has 0 bridgehead atoms. The number of anilines is 1. The second kappa shape index (κ2) is 4.63. The molecule has 2 aromatic carbocycles. The highest BCUT2D eigenvalue weighted by atomic mass is 16.2. The Kier molecular flexibility index (Phi) is 2.95. The monoisotopic (exact) mass is 256 g/mol. The maximum atomic E-state index is 11.8. The van der Waals surface area contributed by atoms with Gasteiger partial charge < -0.3 is 10.2 Å². The fourth-order valence-electron chi connectivity index (χ4n) is 2.67. The van der Waals surface area contributed by atoms with Crippen molar-refractivity contribution in [3.63, 3.8) is 0 Å². The Labute approximate surface area is 111 Å². The van der Waals surface area contributed by atoms with Crippen LogP contribution in [-0.2, 0) is 0 Å². The van der Waals surface area contributed by atoms with Gasteiger partial charge in [0.1, 0.15) is 0 Å². The summed E-state index contributed by atoms with van der Waals surface area (Å²) in [5, 5.41) is 3.24. The molecule has 1 aliphatic heterocycles. The quantitative estimate of drug-likeness (QED) is 0.834. The molecule has 0 amide bonds. The second-order valence-corrected chi connectivity index (χ2v) is 5.17. The van der Waals surface area contributed by atoms with E-state index in [0.29, 0.717) is 11.3 Å². The Morgan fingerprint density at radius 2 is 1.89 bits per heavy atom. The van der Waals surface area contributed by atoms with Crippen LogP contribution in [0.3, 0.4) is 0 Å². The van der Waals surface area contributed by atoms with Crippen molar-refractivity contribution in [2.24, 2.45) is 0 Å². The van der Waals surface area contributed by atoms with Crippen molar-refractivity contribution in [2.75, 3.05) is 25.5 Å². The number of nitrogens with one attached hydrogen (secondary N) is 1. The fourth-order valence-corrected chi connectivity index (χ4v) is 2.67. The highest BCUT2D eigenvalue weighted by Crippen LogP contribution is 2.24. The van der Waals surface area contributed by atoms with E-state index in [-0.39, 0.29) is 16.9 Å². The number of nitrogens with zero attached hydrogens (tertiary/aromatic N) is 1. The van der Waals surface area contributed by atoms with Crippen molar-refractivity contribution >= 4 is 5.69 Å². The van der Waals surface area contributed by atoms with Gasteiger partial charge in [0.15, 0.2) is 0 Å². The Hall–Kier alpha value is -1.94. The zero-order chi connectivity index (χ0) is 13.4. The topological polar surface area (TPSA) is 49.4 Å². The minimum atomic E-state index is -0.381. The van der Waals surface area contributed by atoms with Crippen LogP contribution in [0, 0.1) is 0 Å². The Morgan fingerprint density at radius 1 is 1.16 bits per heavy atom. The summed E-state index contributed by atoms with van der Waals surface area (Å²) in [4.78, 5) is 25.7. The maximum absolute atomic E-state index is 11.8. The number of hydrogen-bond acceptors (Lipinski definition) is 4. The van der Waals surface area contributed by atoms with E-state index in [1.165, 1.54) is 0 Å². The van der Waals surface area contributed by atoms with Crippen LogP contribution in [-0.4, -0.2) is 31.1 Å². The highest BCUT2D eigenvalue weighted by molar-refractivity contribution is 5.82. The number of hydrogen-bond donors (Lipinski definition) is 1. The lowest BCUT2D eigenvalue weighted by Crippen LogP contribution is -2.39. The Bertz CT molecular complexity index is 656. The zero-order valence-electron chi connectivity index (χ0n) is 10.8. The molecular weight excluding hydrogens is 240 g/mol. The van der Waals surface area contributed by atoms with Crippen LogP contribution in [0.2, 0.25) is 0 Å². The lowest BCUT2D eigenvalue weighted by Gasteiger charge is -2.18. The molecule has 4 heteroatoms. The van der Waals surface area contributed by atoms with E-state index in [1.807, 2.05) is 30.3 Å². The first-order valence-corrected chi connectivity index (χ1v) is 6.50. The Balaban J connectivity index is 1.89. The van der Waals surface area contributed by atoms with E-state index in [4.69, 9.17) is 0 Å². The fraction of sp³-hybridized carbons (Fsp3) is 0.333. The van der Waals surface area contributed by atoms with Gasteiger partial charge in [0.25, 0.3) is 0 Å². The van der Waals surface area contributed by atoms with Gasteiger partial charge in [-0.2, -0.15) is 0 Å². The lowest BCUT2D eigenvalue weighted by atomic mass is 9.98. The summed E-state index contributed by atoms with van der Waals surface area (Å²) in [7, 11) is 2.06. The molecule has 19 heavy (non-hydrogen) atoms. The number of likely N-dealkylation sites (N-methyl/N-ethyl adjacent to an activating group) is 1. The second-order valence-electron chi connectivity index (χ2n) is 5.17. The van der Waals surface area contributed by atoms with Crippen LogP contribution >= 0.6 is 0 Å². The van der Waals surface area contributed by atoms with E-state index in [0.717, 1.165) is 25.1 Å². The molecule has 1 N–H and O–H groups in total. The molecule has 4 nitrogen and oxygen atoms in total. The maximum Gasteiger partial charge on any atom is 0.250 e. The summed E-state index contributed by atoms with van der Waals surface area (Å²) in [5.41, 5.74) is 1.10. The molecule has 3 rings (SSSR count). The third-order valence-electron chi connectivity index (χ3n) is 3.71. The average molecular weight is 256 g/mol. The predicted octanol–water partition coefficient (Wildman–Crippen LogP) is 1.07. The van der Waals surface area contributed by atoms with Gasteiger partial charge in [0.2, 0.25) is 10.9 Å². The van der Waals surface area contributed by atoms with Crippen LogP contribution in [0.1, 0.15) is 6.42 Å². The van der Waals surface area contributed by atoms with Gasteiger partial charge in [-0.3, -0.25) is 9.59 Å². The van der Waals surface area contributed by atoms with Crippen LogP contribution in [0.15, 0.2) is 39.9 Å². The van der Waals surface area contributed by atoms with E-state index in [9.17, 15) is 9.59 Å². The van der Waals surface area contributed by atoms with Crippen LogP contribution in [0.5, 0.6) is 0 Å². The molecule has 1 atom stereocenters. The van der Waals surface area contributed by atoms with Crippen molar-refractivity contribution in [3.05, 3.63) is 50.8 Å². The van der Waals surface area contributed by atoms with Crippen LogP contribution < -0.4 is 16.2 Å². The standard InChI is InChI=1S/C15H16N2O2/c1-17-8-7-11(9-17)16-13-12(14(18)15(13)19)10-5-3-2-4-6-10/h2-6,11,16H,7-9H2,1H3. The van der Waals surface area contributed by atoms with Gasteiger partial charge in [-0.05, 0) is 25.6 Å². The lowest BCUT2D eigenvalue weighted by molar-refractivity contribution is 0.414. The molecule has 0 saturated carbocycles. The van der Waals surface area contributed by atoms with E-state index >= 15 is 0 Å². The third kappa shape index (κ3) is 2.08. The van der Waals surface area contributed by atoms with Crippen molar-refractivity contribution in [2.45, 2.75) is 12.5 Å². The molecule has 1 unspecified atom stereocenters. The summed E-state index contributed by atoms with van der Waals surface area (Å²) >= 11 is 0. The molecule has 2 aromatic rings. The van der Waals surface area contributed by atoms with E-state index in [2.05, 4.69) is 17.3 Å². The van der Waals surface area contributed by atoms with E-state index < -0.39 is 0 Å². The summed E-state index contributed by atoms with van der Waals surface area (Å²) in [6.45, 7) is 1.93. The number of benzene rings is 1. The molecule has 0 spiro atoms. The predicted molar refractivity (Wildman–Crippen MR) is 76.3 cm³/mol. The van der Waals surface area contributed by atoms with Crippen molar-refractivity contribution < 1.29 is 0 Å². The van der Waals surface area contributed by atoms with Crippen LogP contribution in [0.4, 0.5) is 5.69 Å². The molecule has 0 aliphatic carbocycles. The summed E-state index contributed by atoms with van der Waals surface area (Å²) in [5.74, 6) is 0. The molecule has 1 aliphatic rings. The third-order valence-corrected chi connectivity index (χ3v) is 3.71. The molecule has 1 saturated heterocycles. The van der Waals surface area contributed by atoms with Gasteiger partial charge in [0.05, 0.1) is 11.3 Å². The first kappa shape index (κ1) is 12.1. The minimum absolute atomic E-state index is 0.260. The van der Waals surface area contributed by atoms with Crippen molar-refractivity contribution in [1.29, 1.82) is 0 Å². The highest BCUT2D eigenvalue weighted by Gasteiger charge is 2.26. The minimum Gasteiger partial charge on any atom is -0.377 e. The first-order chi connectivity index (χ1) is 9.16. The molecule has 98 valence electrons. The van der Waals surface area contributed by atoms with Gasteiger partial charge >= 0.3 is 0 Å². The molecule has 0 aromatic heterocycles. The molecular formula is C15H16N2O2. The van der Waals surface area contributed by atoms with Crippen LogP contribution in [0.25, 0.3) is 11.1 Å². The van der Waals surface area contributed by atoms with Crippen molar-refractivity contribution in [1.82, 2.24) is 4.90 Å². The summed E-state index contributed by atoms with van der Waals surface area (Å²) < 4.78 is 0. The smallest absolute Gasteiger partial charge is 0.250 e. The Morgan fingerprint density at radius 3 is 2.53 bits per heavy atom. The SMILES string of the molecule is CN1CCC(Nc2c(-c3ccccc3)c(=O)c2=O)C1. The summed E-state index contributed by atoms with van der Waals surface area (Å²) in [6, 6.07) is 9.63. The summed E-state index contributed by atoms with van der Waals surface area (Å²) in [6.07, 6.45) is 1.00. The van der Waals surface area contributed by atoms with Gasteiger partial charge in [0, 0.05) is 12.6 Å². The van der Waals surface area contributed by atoms with Gasteiger partial charge in [-0.1, -0.05) is 30.3 Å². The molecule has 1 heterocycles. The van der Waals surface area contributed by atoms with Gasteiger partial charge in [-0.15, -0.1) is 0 Å². The average Bonchev–Trinajstić information content (AvgIpc) is 2.84. The van der Waals surface area contributed by atoms with Gasteiger partial charge in [-0.25, -0.2) is 0 Å². The number of likely N-dealkylation sites (tertiary alicyclic amines) is 1. The first-order valence-electron chi connectivity index (χ1n) is 6.50. The molecule has 0 radical (unpaired) electrons. The zero-order valence-corrected chi connectivity index (χ0v) is 10.8. The number of rotatable bonds is 3. The largest absolute Gasteiger partial charge is 0.377 e.